The predicted molar refractivity (Wildman–Crippen MR) is 173 cm³/mol. The number of furan rings is 1. The number of fused-ring (bicyclic) bond motifs is 6. The van der Waals surface area contributed by atoms with Crippen molar-refractivity contribution in [1.82, 2.24) is 15.0 Å². The quantitative estimate of drug-likeness (QED) is 0.157. The molecule has 7 heteroatoms. The molecule has 0 aliphatic heterocycles. The number of hydrogen-bond donors (Lipinski definition) is 0. The SMILES string of the molecule is COc1ccc(-c2ccc3ccc4ccc(P(=O)(c5ccccc5)c5ccccc5)nc4c3n2)c2oc3cccnc3c12. The molecule has 0 bridgehead atoms. The van der Waals surface area contributed by atoms with E-state index in [1.807, 2.05) is 121 Å². The minimum Gasteiger partial charge on any atom is -0.496 e. The van der Waals surface area contributed by atoms with Gasteiger partial charge in [-0.15, -0.1) is 0 Å². The molecule has 6 nitrogen and oxygen atoms in total. The van der Waals surface area contributed by atoms with Gasteiger partial charge in [0.1, 0.15) is 22.3 Å². The maximum atomic E-state index is 15.1. The van der Waals surface area contributed by atoms with Crippen molar-refractivity contribution in [3.63, 3.8) is 0 Å². The second-order valence-corrected chi connectivity index (χ2v) is 13.0. The lowest BCUT2D eigenvalue weighted by Crippen LogP contribution is -2.27. The lowest BCUT2D eigenvalue weighted by atomic mass is 10.0. The fourth-order valence-electron chi connectivity index (χ4n) is 5.81. The van der Waals surface area contributed by atoms with Crippen LogP contribution in [0.15, 0.2) is 132 Å². The van der Waals surface area contributed by atoms with Crippen LogP contribution in [-0.2, 0) is 4.57 Å². The summed E-state index contributed by atoms with van der Waals surface area (Å²) in [6, 6.07) is 38.8. The fraction of sp³-hybridized carbons (Fsp3) is 0.0278. The number of rotatable bonds is 5. The molecule has 0 fully saturated rings. The third kappa shape index (κ3) is 3.95. The molecule has 4 aromatic carbocycles. The Balaban J connectivity index is 1.38. The van der Waals surface area contributed by atoms with Crippen LogP contribution in [0.4, 0.5) is 0 Å². The van der Waals surface area contributed by atoms with E-state index in [2.05, 4.69) is 4.98 Å². The summed E-state index contributed by atoms with van der Waals surface area (Å²) in [6.07, 6.45) is 1.75. The van der Waals surface area contributed by atoms with Gasteiger partial charge in [-0.3, -0.25) is 4.98 Å². The molecule has 0 unspecified atom stereocenters. The van der Waals surface area contributed by atoms with Gasteiger partial charge in [-0.05, 0) is 36.4 Å². The standard InChI is InChI=1S/C36H24N3O3P/c1-41-29-20-18-27(36-32(29)35-30(42-36)13-8-22-37-35)28-19-16-23-14-15-24-17-21-31(39-34(24)33(23)38-28)43(40,25-9-4-2-5-10-25)26-11-6-3-7-12-26/h2-22H,1H3. The first-order valence-corrected chi connectivity index (χ1v) is 15.6. The fourth-order valence-corrected chi connectivity index (χ4v) is 8.35. The Hall–Kier alpha value is -5.32. The van der Waals surface area contributed by atoms with Crippen molar-refractivity contribution in [2.75, 3.05) is 7.11 Å². The maximum Gasteiger partial charge on any atom is 0.188 e. The molecule has 0 saturated carbocycles. The molecule has 0 spiro atoms. The highest BCUT2D eigenvalue weighted by molar-refractivity contribution is 7.85. The Kier molecular flexibility index (Phi) is 5.85. The van der Waals surface area contributed by atoms with Crippen LogP contribution in [-0.4, -0.2) is 22.1 Å². The largest absolute Gasteiger partial charge is 0.496 e. The van der Waals surface area contributed by atoms with Crippen LogP contribution in [0.5, 0.6) is 5.75 Å². The third-order valence-corrected chi connectivity index (χ3v) is 10.8. The van der Waals surface area contributed by atoms with Gasteiger partial charge >= 0.3 is 0 Å². The highest BCUT2D eigenvalue weighted by Gasteiger charge is 2.31. The first-order valence-electron chi connectivity index (χ1n) is 13.9. The Bertz CT molecular complexity index is 2330. The number of pyridine rings is 3. The second kappa shape index (κ2) is 9.90. The van der Waals surface area contributed by atoms with Crippen molar-refractivity contribution >= 4 is 67.1 Å². The van der Waals surface area contributed by atoms with E-state index in [1.165, 1.54) is 0 Å². The lowest BCUT2D eigenvalue weighted by molar-refractivity contribution is 0.420. The minimum absolute atomic E-state index is 0.521. The van der Waals surface area contributed by atoms with Gasteiger partial charge in [0.2, 0.25) is 0 Å². The first-order chi connectivity index (χ1) is 21.1. The highest BCUT2D eigenvalue weighted by atomic mass is 31.2. The summed E-state index contributed by atoms with van der Waals surface area (Å²) in [6.45, 7) is 0. The van der Waals surface area contributed by atoms with Gasteiger partial charge in [-0.2, -0.15) is 0 Å². The molecule has 4 aromatic heterocycles. The van der Waals surface area contributed by atoms with Crippen LogP contribution >= 0.6 is 7.14 Å². The van der Waals surface area contributed by atoms with Gasteiger partial charge < -0.3 is 13.7 Å². The van der Waals surface area contributed by atoms with Crippen LogP contribution in [0.1, 0.15) is 0 Å². The predicted octanol–water partition coefficient (Wildman–Crippen LogP) is 7.39. The van der Waals surface area contributed by atoms with Crippen LogP contribution < -0.4 is 20.8 Å². The van der Waals surface area contributed by atoms with Gasteiger partial charge in [0, 0.05) is 33.1 Å². The summed E-state index contributed by atoms with van der Waals surface area (Å²) in [5, 5.41) is 4.14. The van der Waals surface area contributed by atoms with Gasteiger partial charge in [-0.25, -0.2) is 9.97 Å². The summed E-state index contributed by atoms with van der Waals surface area (Å²) in [5.74, 6) is 0.686. The molecule has 0 aliphatic carbocycles. The molecule has 0 radical (unpaired) electrons. The molecule has 8 rings (SSSR count). The zero-order chi connectivity index (χ0) is 29.0. The van der Waals surface area contributed by atoms with E-state index in [4.69, 9.17) is 19.1 Å². The van der Waals surface area contributed by atoms with E-state index in [9.17, 15) is 0 Å². The number of methoxy groups -OCH3 is 1. The van der Waals surface area contributed by atoms with Crippen molar-refractivity contribution in [3.05, 3.63) is 128 Å². The Morgan fingerprint density at radius 2 is 1.30 bits per heavy atom. The molecule has 0 N–H and O–H groups in total. The molecular formula is C36H24N3O3P. The van der Waals surface area contributed by atoms with Crippen molar-refractivity contribution in [1.29, 1.82) is 0 Å². The van der Waals surface area contributed by atoms with Crippen molar-refractivity contribution in [3.8, 4) is 17.0 Å². The first kappa shape index (κ1) is 25.4. The van der Waals surface area contributed by atoms with E-state index in [0.717, 1.165) is 49.1 Å². The zero-order valence-electron chi connectivity index (χ0n) is 23.1. The van der Waals surface area contributed by atoms with Gasteiger partial charge in [0.25, 0.3) is 0 Å². The monoisotopic (exact) mass is 577 g/mol. The van der Waals surface area contributed by atoms with Crippen LogP contribution in [0.3, 0.4) is 0 Å². The molecule has 0 aliphatic rings. The topological polar surface area (TPSA) is 78.1 Å². The third-order valence-electron chi connectivity index (χ3n) is 7.90. The van der Waals surface area contributed by atoms with Crippen LogP contribution in [0.2, 0.25) is 0 Å². The Morgan fingerprint density at radius 1 is 0.651 bits per heavy atom. The molecule has 8 aromatic rings. The summed E-state index contributed by atoms with van der Waals surface area (Å²) >= 11 is 0. The van der Waals surface area contributed by atoms with E-state index < -0.39 is 7.14 Å². The number of aromatic nitrogens is 3. The molecule has 0 amide bonds. The number of ether oxygens (including phenoxy) is 1. The summed E-state index contributed by atoms with van der Waals surface area (Å²) in [7, 11) is -1.62. The average Bonchev–Trinajstić information content (AvgIpc) is 3.48. The minimum atomic E-state index is -3.26. The zero-order valence-corrected chi connectivity index (χ0v) is 24.0. The normalized spacial score (nSPS) is 11.9. The van der Waals surface area contributed by atoms with Crippen molar-refractivity contribution in [2.45, 2.75) is 0 Å². The summed E-state index contributed by atoms with van der Waals surface area (Å²) in [5.41, 5.74) is 5.57. The maximum absolute atomic E-state index is 15.1. The summed E-state index contributed by atoms with van der Waals surface area (Å²) < 4.78 is 27.0. The smallest absolute Gasteiger partial charge is 0.188 e. The van der Waals surface area contributed by atoms with E-state index in [-0.39, 0.29) is 0 Å². The average molecular weight is 578 g/mol. The molecule has 4 heterocycles. The van der Waals surface area contributed by atoms with E-state index in [1.54, 1.807) is 13.3 Å². The Labute approximate surface area is 247 Å². The molecule has 0 atom stereocenters. The molecule has 206 valence electrons. The second-order valence-electron chi connectivity index (χ2n) is 10.3. The molecular weight excluding hydrogens is 553 g/mol. The number of hydrogen-bond acceptors (Lipinski definition) is 6. The number of nitrogens with zero attached hydrogens (tertiary/aromatic N) is 3. The molecule has 0 saturated heterocycles. The van der Waals surface area contributed by atoms with Crippen molar-refractivity contribution < 1.29 is 13.7 Å². The van der Waals surface area contributed by atoms with Crippen LogP contribution in [0, 0.1) is 0 Å². The van der Waals surface area contributed by atoms with Gasteiger partial charge in [0.15, 0.2) is 12.7 Å². The van der Waals surface area contributed by atoms with Gasteiger partial charge in [0.05, 0.1) is 29.2 Å². The van der Waals surface area contributed by atoms with E-state index >= 15 is 4.57 Å². The van der Waals surface area contributed by atoms with Crippen LogP contribution in [0.25, 0.3) is 55.1 Å². The Morgan fingerprint density at radius 3 is 2.00 bits per heavy atom. The highest BCUT2D eigenvalue weighted by Crippen LogP contribution is 2.43. The van der Waals surface area contributed by atoms with Gasteiger partial charge in [-0.1, -0.05) is 84.9 Å². The molecule has 43 heavy (non-hydrogen) atoms. The van der Waals surface area contributed by atoms with E-state index in [0.29, 0.717) is 27.9 Å². The van der Waals surface area contributed by atoms with Crippen molar-refractivity contribution in [2.24, 2.45) is 0 Å². The lowest BCUT2D eigenvalue weighted by Gasteiger charge is -2.19. The summed E-state index contributed by atoms with van der Waals surface area (Å²) in [4.78, 5) is 14.8. The number of benzene rings is 4.